The number of rotatable bonds is 5. The van der Waals surface area contributed by atoms with Crippen LogP contribution in [0.2, 0.25) is 0 Å². The molecule has 6 rings (SSSR count). The van der Waals surface area contributed by atoms with E-state index in [1.807, 2.05) is 11.8 Å². The average molecular weight is 482 g/mol. The van der Waals surface area contributed by atoms with E-state index in [0.717, 1.165) is 0 Å². The van der Waals surface area contributed by atoms with Crippen LogP contribution in [0.25, 0.3) is 12.2 Å². The van der Waals surface area contributed by atoms with Gasteiger partial charge in [0.2, 0.25) is 0 Å². The topological polar surface area (TPSA) is 3.24 Å². The van der Waals surface area contributed by atoms with Gasteiger partial charge >= 0.3 is 0 Å². The molecule has 166 valence electrons. The lowest BCUT2D eigenvalue weighted by atomic mass is 10.1. The van der Waals surface area contributed by atoms with E-state index in [2.05, 4.69) is 144 Å². The van der Waals surface area contributed by atoms with Crippen LogP contribution in [0.5, 0.6) is 0 Å². The minimum atomic E-state index is 0.692. The molecule has 0 aliphatic carbocycles. The Labute approximate surface area is 213 Å². The third kappa shape index (κ3) is 4.74. The summed E-state index contributed by atoms with van der Waals surface area (Å²) in [5.41, 5.74) is 6.05. The van der Waals surface area contributed by atoms with Crippen molar-refractivity contribution in [3.8, 4) is 0 Å². The number of hydrogen-bond donors (Lipinski definition) is 0. The second-order valence-corrected chi connectivity index (χ2v) is 10.9. The first-order valence-electron chi connectivity index (χ1n) is 11.7. The number of para-hydroxylation sites is 2. The molecule has 0 N–H and O–H groups in total. The maximum Gasteiger partial charge on any atom is 0.121 e. The highest BCUT2D eigenvalue weighted by Gasteiger charge is 2.23. The Kier molecular flexibility index (Phi) is 6.10. The molecule has 1 aliphatic rings. The fourth-order valence-corrected chi connectivity index (χ4v) is 6.36. The summed E-state index contributed by atoms with van der Waals surface area (Å²) >= 11 is 1.84. The molecule has 2 radical (unpaired) electrons. The lowest BCUT2D eigenvalue weighted by molar-refractivity contribution is 1.17. The van der Waals surface area contributed by atoms with Crippen molar-refractivity contribution in [1.82, 2.24) is 0 Å². The monoisotopic (exact) mass is 481 g/mol. The Morgan fingerprint density at radius 1 is 0.486 bits per heavy atom. The van der Waals surface area contributed by atoms with Crippen molar-refractivity contribution in [3.63, 3.8) is 0 Å². The number of benzene rings is 5. The largest absolute Gasteiger partial charge is 0.308 e. The zero-order chi connectivity index (χ0) is 23.5. The number of hydrogen-bond acceptors (Lipinski definition) is 2. The standard InChI is InChI=1S/C32H23NSSi/c1-2-8-27(9-3-1)35-28-22-18-25(19-23-28)15-14-24-16-20-26(21-17-24)33-29-10-4-6-12-31(29)34-32-13-7-5-11-30(32)33/h1-23H/b15-14+. The van der Waals surface area contributed by atoms with Gasteiger partial charge in [-0.05, 0) is 47.5 Å². The Morgan fingerprint density at radius 2 is 0.971 bits per heavy atom. The highest BCUT2D eigenvalue weighted by Crippen LogP contribution is 2.50. The third-order valence-corrected chi connectivity index (χ3v) is 8.40. The van der Waals surface area contributed by atoms with Gasteiger partial charge in [-0.3, -0.25) is 0 Å². The molecule has 0 amide bonds. The van der Waals surface area contributed by atoms with Gasteiger partial charge in [-0.25, -0.2) is 0 Å². The van der Waals surface area contributed by atoms with Crippen molar-refractivity contribution in [2.75, 3.05) is 4.90 Å². The Bertz CT molecular complexity index is 1430. The molecule has 0 saturated heterocycles. The van der Waals surface area contributed by atoms with E-state index in [1.54, 1.807) is 0 Å². The van der Waals surface area contributed by atoms with Crippen LogP contribution in [0.3, 0.4) is 0 Å². The average Bonchev–Trinajstić information content (AvgIpc) is 2.92. The first-order chi connectivity index (χ1) is 17.3. The molecule has 1 heterocycles. The van der Waals surface area contributed by atoms with Crippen LogP contribution < -0.4 is 15.3 Å². The van der Waals surface area contributed by atoms with Crippen LogP contribution in [-0.2, 0) is 0 Å². The van der Waals surface area contributed by atoms with Gasteiger partial charge in [0.15, 0.2) is 0 Å². The molecule has 0 aromatic heterocycles. The van der Waals surface area contributed by atoms with E-state index in [0.29, 0.717) is 9.52 Å². The molecule has 0 saturated carbocycles. The SMILES string of the molecule is C(=C\c1ccc(N2c3ccccc3Sc3ccccc32)cc1)/c1ccc([Si]c2ccccc2)cc1. The summed E-state index contributed by atoms with van der Waals surface area (Å²) in [5.74, 6) is 0. The highest BCUT2D eigenvalue weighted by molar-refractivity contribution is 7.99. The molecular weight excluding hydrogens is 459 g/mol. The van der Waals surface area contributed by atoms with Gasteiger partial charge in [0.25, 0.3) is 0 Å². The van der Waals surface area contributed by atoms with Crippen LogP contribution in [0, 0.1) is 0 Å². The first kappa shape index (κ1) is 21.7. The van der Waals surface area contributed by atoms with Crippen LogP contribution in [0.1, 0.15) is 11.1 Å². The molecule has 0 unspecified atom stereocenters. The van der Waals surface area contributed by atoms with Crippen molar-refractivity contribution in [2.24, 2.45) is 0 Å². The molecule has 35 heavy (non-hydrogen) atoms. The number of fused-ring (bicyclic) bond motifs is 2. The summed E-state index contributed by atoms with van der Waals surface area (Å²) in [5, 5.41) is 2.73. The lowest BCUT2D eigenvalue weighted by Gasteiger charge is -2.32. The normalized spacial score (nSPS) is 12.4. The Hall–Kier alpha value is -3.79. The maximum absolute atomic E-state index is 2.36. The molecule has 0 fully saturated rings. The quantitative estimate of drug-likeness (QED) is 0.186. The molecule has 0 spiro atoms. The molecule has 1 nitrogen and oxygen atoms in total. The first-order valence-corrected chi connectivity index (χ1v) is 13.5. The summed E-state index contributed by atoms with van der Waals surface area (Å²) in [6, 6.07) is 45.6. The van der Waals surface area contributed by atoms with Gasteiger partial charge < -0.3 is 4.90 Å². The van der Waals surface area contributed by atoms with Gasteiger partial charge in [0, 0.05) is 15.5 Å². The highest BCUT2D eigenvalue weighted by atomic mass is 32.2. The minimum absolute atomic E-state index is 0.692. The zero-order valence-corrected chi connectivity index (χ0v) is 21.0. The molecule has 5 aromatic rings. The van der Waals surface area contributed by atoms with E-state index in [4.69, 9.17) is 0 Å². The van der Waals surface area contributed by atoms with Crippen LogP contribution in [0.15, 0.2) is 137 Å². The summed E-state index contributed by atoms with van der Waals surface area (Å²) in [4.78, 5) is 4.93. The van der Waals surface area contributed by atoms with Crippen LogP contribution in [-0.4, -0.2) is 9.52 Å². The molecule has 5 aromatic carbocycles. The summed E-state index contributed by atoms with van der Waals surface area (Å²) in [6.07, 6.45) is 4.37. The van der Waals surface area contributed by atoms with Crippen molar-refractivity contribution < 1.29 is 0 Å². The molecule has 3 heteroatoms. The van der Waals surface area contributed by atoms with Crippen LogP contribution in [0.4, 0.5) is 17.1 Å². The van der Waals surface area contributed by atoms with Crippen molar-refractivity contribution in [3.05, 3.63) is 139 Å². The smallest absolute Gasteiger partial charge is 0.121 e. The van der Waals surface area contributed by atoms with Crippen molar-refractivity contribution in [2.45, 2.75) is 9.79 Å². The molecule has 0 atom stereocenters. The molecule has 0 bridgehead atoms. The van der Waals surface area contributed by atoms with Gasteiger partial charge in [-0.2, -0.15) is 0 Å². The Morgan fingerprint density at radius 3 is 1.57 bits per heavy atom. The molecule has 1 aliphatic heterocycles. The Balaban J connectivity index is 1.21. The lowest BCUT2D eigenvalue weighted by Crippen LogP contribution is -2.26. The third-order valence-electron chi connectivity index (χ3n) is 6.02. The second-order valence-electron chi connectivity index (χ2n) is 8.41. The van der Waals surface area contributed by atoms with Gasteiger partial charge in [-0.1, -0.05) is 125 Å². The van der Waals surface area contributed by atoms with Gasteiger partial charge in [0.05, 0.1) is 11.4 Å². The van der Waals surface area contributed by atoms with E-state index in [-0.39, 0.29) is 0 Å². The van der Waals surface area contributed by atoms with E-state index in [1.165, 1.54) is 48.4 Å². The molecular formula is C32H23NSSi. The number of anilines is 3. The van der Waals surface area contributed by atoms with Gasteiger partial charge in [0.1, 0.15) is 9.52 Å². The summed E-state index contributed by atoms with van der Waals surface area (Å²) < 4.78 is 0. The van der Waals surface area contributed by atoms with Crippen molar-refractivity contribution in [1.29, 1.82) is 0 Å². The summed E-state index contributed by atoms with van der Waals surface area (Å²) in [7, 11) is 0.692. The minimum Gasteiger partial charge on any atom is -0.308 e. The zero-order valence-electron chi connectivity index (χ0n) is 19.1. The fourth-order valence-electron chi connectivity index (χ4n) is 4.28. The van der Waals surface area contributed by atoms with Crippen molar-refractivity contribution >= 4 is 60.9 Å². The predicted octanol–water partition coefficient (Wildman–Crippen LogP) is 7.45. The van der Waals surface area contributed by atoms with Gasteiger partial charge in [-0.15, -0.1) is 0 Å². The predicted molar refractivity (Wildman–Crippen MR) is 152 cm³/mol. The summed E-state index contributed by atoms with van der Waals surface area (Å²) in [6.45, 7) is 0. The number of nitrogens with zero attached hydrogens (tertiary/aromatic N) is 1. The van der Waals surface area contributed by atoms with Crippen LogP contribution >= 0.6 is 11.8 Å². The second kappa shape index (κ2) is 9.83. The van der Waals surface area contributed by atoms with E-state index in [9.17, 15) is 0 Å². The fraction of sp³-hybridized carbons (Fsp3) is 0. The maximum atomic E-state index is 2.36. The van der Waals surface area contributed by atoms with E-state index < -0.39 is 0 Å². The van der Waals surface area contributed by atoms with E-state index >= 15 is 0 Å².